The van der Waals surface area contributed by atoms with Gasteiger partial charge in [0.15, 0.2) is 0 Å². The number of methoxy groups -OCH3 is 1. The van der Waals surface area contributed by atoms with Crippen LogP contribution in [-0.4, -0.2) is 67.1 Å². The lowest BCUT2D eigenvalue weighted by atomic mass is 10.0. The molecular formula is C27H28F6N4O3. The maximum absolute atomic E-state index is 13.6. The number of benzene rings is 2. The van der Waals surface area contributed by atoms with Crippen molar-refractivity contribution in [2.75, 3.05) is 41.4 Å². The fraction of sp³-hybridized carbons (Fsp3) is 0.370. The standard InChI is InChI=1S/C27H28F6N4O3/c1-36(2)10-7-11-40-25-34-15-21(20-8-5-6-9-22(20)39-4)23(35-25)24(38)37(3)16-17-12-18(26(28,29)30)14-19(13-17)27(31,32)33/h5-6,8-9,12-15H,7,10-11,16H2,1-4H3. The quantitative estimate of drug-likeness (QED) is 0.227. The normalized spacial score (nSPS) is 12.0. The highest BCUT2D eigenvalue weighted by Gasteiger charge is 2.37. The van der Waals surface area contributed by atoms with E-state index >= 15 is 0 Å². The molecule has 0 saturated heterocycles. The highest BCUT2D eigenvalue weighted by atomic mass is 19.4. The molecule has 0 aliphatic rings. The molecule has 0 saturated carbocycles. The molecule has 0 fully saturated rings. The first-order valence-corrected chi connectivity index (χ1v) is 12.0. The summed E-state index contributed by atoms with van der Waals surface area (Å²) in [5, 5.41) is 0. The zero-order valence-electron chi connectivity index (χ0n) is 22.2. The van der Waals surface area contributed by atoms with Crippen molar-refractivity contribution in [3.05, 3.63) is 71.0 Å². The lowest BCUT2D eigenvalue weighted by molar-refractivity contribution is -0.143. The minimum Gasteiger partial charge on any atom is -0.496 e. The van der Waals surface area contributed by atoms with E-state index in [1.54, 1.807) is 24.3 Å². The number of hydrogen-bond donors (Lipinski definition) is 0. The molecule has 1 heterocycles. The Morgan fingerprint density at radius 3 is 2.12 bits per heavy atom. The van der Waals surface area contributed by atoms with Crippen LogP contribution in [0.4, 0.5) is 26.3 Å². The summed E-state index contributed by atoms with van der Waals surface area (Å²) in [7, 11) is 6.48. The Morgan fingerprint density at radius 1 is 0.925 bits per heavy atom. The molecule has 3 aromatic rings. The third-order valence-corrected chi connectivity index (χ3v) is 5.76. The van der Waals surface area contributed by atoms with Crippen LogP contribution in [0.5, 0.6) is 11.8 Å². The molecule has 0 radical (unpaired) electrons. The molecule has 0 aliphatic heterocycles. The molecule has 0 N–H and O–H groups in total. The minimum atomic E-state index is -5.01. The van der Waals surface area contributed by atoms with Crippen LogP contribution >= 0.6 is 0 Å². The van der Waals surface area contributed by atoms with E-state index in [1.165, 1.54) is 20.4 Å². The Balaban J connectivity index is 1.99. The van der Waals surface area contributed by atoms with E-state index in [4.69, 9.17) is 9.47 Å². The summed E-state index contributed by atoms with van der Waals surface area (Å²) in [6, 6.07) is 7.82. The summed E-state index contributed by atoms with van der Waals surface area (Å²) in [6.45, 7) is 0.422. The van der Waals surface area contributed by atoms with Crippen LogP contribution in [0.25, 0.3) is 11.1 Å². The Hall–Kier alpha value is -3.87. The number of hydrogen-bond acceptors (Lipinski definition) is 6. The number of carbonyl (C=O) groups is 1. The first-order valence-electron chi connectivity index (χ1n) is 12.0. The third-order valence-electron chi connectivity index (χ3n) is 5.76. The number of nitrogens with zero attached hydrogens (tertiary/aromatic N) is 4. The molecule has 1 amide bonds. The summed E-state index contributed by atoms with van der Waals surface area (Å²) < 4.78 is 91.0. The van der Waals surface area contributed by atoms with Crippen LogP contribution in [-0.2, 0) is 18.9 Å². The Morgan fingerprint density at radius 2 is 1.55 bits per heavy atom. The fourth-order valence-electron chi connectivity index (χ4n) is 3.84. The van der Waals surface area contributed by atoms with Gasteiger partial charge in [0, 0.05) is 37.5 Å². The van der Waals surface area contributed by atoms with Crippen molar-refractivity contribution in [3.8, 4) is 22.9 Å². The summed E-state index contributed by atoms with van der Waals surface area (Å²) >= 11 is 0. The summed E-state index contributed by atoms with van der Waals surface area (Å²) in [5.41, 5.74) is -2.75. The van der Waals surface area contributed by atoms with Crippen LogP contribution < -0.4 is 9.47 Å². The van der Waals surface area contributed by atoms with Crippen LogP contribution in [0.1, 0.15) is 33.6 Å². The average molecular weight is 571 g/mol. The number of rotatable bonds is 10. The first kappa shape index (κ1) is 30.7. The zero-order chi connectivity index (χ0) is 29.7. The maximum Gasteiger partial charge on any atom is 0.416 e. The number of carbonyl (C=O) groups excluding carboxylic acids is 1. The molecule has 0 spiro atoms. The smallest absolute Gasteiger partial charge is 0.416 e. The largest absolute Gasteiger partial charge is 0.496 e. The molecule has 13 heteroatoms. The highest BCUT2D eigenvalue weighted by molar-refractivity contribution is 5.99. The van der Waals surface area contributed by atoms with Crippen LogP contribution in [0, 0.1) is 0 Å². The molecule has 40 heavy (non-hydrogen) atoms. The van der Waals surface area contributed by atoms with Crippen LogP contribution in [0.3, 0.4) is 0 Å². The van der Waals surface area contributed by atoms with Crippen molar-refractivity contribution in [2.24, 2.45) is 0 Å². The van der Waals surface area contributed by atoms with Gasteiger partial charge in [-0.2, -0.15) is 31.3 Å². The van der Waals surface area contributed by atoms with Crippen molar-refractivity contribution >= 4 is 5.91 Å². The topological polar surface area (TPSA) is 67.8 Å². The van der Waals surface area contributed by atoms with Gasteiger partial charge in [-0.1, -0.05) is 18.2 Å². The summed E-state index contributed by atoms with van der Waals surface area (Å²) in [6.07, 6.45) is -8.02. The maximum atomic E-state index is 13.6. The van der Waals surface area contributed by atoms with E-state index in [9.17, 15) is 31.1 Å². The van der Waals surface area contributed by atoms with Gasteiger partial charge in [-0.05, 0) is 50.3 Å². The highest BCUT2D eigenvalue weighted by Crippen LogP contribution is 2.37. The first-order chi connectivity index (χ1) is 18.7. The van der Waals surface area contributed by atoms with Gasteiger partial charge in [0.05, 0.1) is 24.8 Å². The van der Waals surface area contributed by atoms with E-state index in [2.05, 4.69) is 9.97 Å². The molecule has 0 bridgehead atoms. The summed E-state index contributed by atoms with van der Waals surface area (Å²) in [4.78, 5) is 25.0. The minimum absolute atomic E-state index is 0.0371. The van der Waals surface area contributed by atoms with E-state index < -0.39 is 35.9 Å². The molecule has 2 aromatic carbocycles. The van der Waals surface area contributed by atoms with Gasteiger partial charge >= 0.3 is 18.4 Å². The molecular weight excluding hydrogens is 542 g/mol. The number of halogens is 6. The van der Waals surface area contributed by atoms with E-state index in [-0.39, 0.29) is 35.5 Å². The number of para-hydroxylation sites is 1. The van der Waals surface area contributed by atoms with Crippen molar-refractivity contribution in [3.63, 3.8) is 0 Å². The Bertz CT molecular complexity index is 1300. The van der Waals surface area contributed by atoms with E-state index in [0.29, 0.717) is 29.9 Å². The Kier molecular flexibility index (Phi) is 9.61. The molecule has 0 aliphatic carbocycles. The van der Waals surface area contributed by atoms with Crippen molar-refractivity contribution < 1.29 is 40.6 Å². The molecule has 7 nitrogen and oxygen atoms in total. The van der Waals surface area contributed by atoms with Gasteiger partial charge in [-0.3, -0.25) is 4.79 Å². The van der Waals surface area contributed by atoms with Crippen molar-refractivity contribution in [2.45, 2.75) is 25.3 Å². The van der Waals surface area contributed by atoms with Crippen LogP contribution in [0.2, 0.25) is 0 Å². The van der Waals surface area contributed by atoms with Gasteiger partial charge in [-0.15, -0.1) is 0 Å². The second-order valence-corrected chi connectivity index (χ2v) is 9.20. The molecule has 216 valence electrons. The second kappa shape index (κ2) is 12.5. The number of ether oxygens (including phenoxy) is 2. The lowest BCUT2D eigenvalue weighted by Crippen LogP contribution is -2.28. The zero-order valence-corrected chi connectivity index (χ0v) is 22.2. The van der Waals surface area contributed by atoms with Gasteiger partial charge in [0.25, 0.3) is 5.91 Å². The van der Waals surface area contributed by atoms with Gasteiger partial charge in [0.2, 0.25) is 0 Å². The molecule has 0 atom stereocenters. The lowest BCUT2D eigenvalue weighted by Gasteiger charge is -2.21. The summed E-state index contributed by atoms with van der Waals surface area (Å²) in [5.74, 6) is -0.373. The van der Waals surface area contributed by atoms with Gasteiger partial charge in [0.1, 0.15) is 11.4 Å². The Labute approximate surface area is 227 Å². The van der Waals surface area contributed by atoms with Crippen molar-refractivity contribution in [1.82, 2.24) is 19.8 Å². The molecule has 1 aromatic heterocycles. The van der Waals surface area contributed by atoms with Crippen LogP contribution in [0.15, 0.2) is 48.7 Å². The van der Waals surface area contributed by atoms with Gasteiger partial charge < -0.3 is 19.3 Å². The van der Waals surface area contributed by atoms with E-state index in [0.717, 1.165) is 11.4 Å². The molecule has 3 rings (SSSR count). The number of aromatic nitrogens is 2. The average Bonchev–Trinajstić information content (AvgIpc) is 2.89. The number of alkyl halides is 6. The molecule has 0 unspecified atom stereocenters. The predicted octanol–water partition coefficient (Wildman–Crippen LogP) is 5.79. The third kappa shape index (κ3) is 7.84. The van der Waals surface area contributed by atoms with E-state index in [1.807, 2.05) is 19.0 Å². The monoisotopic (exact) mass is 570 g/mol. The fourth-order valence-corrected chi connectivity index (χ4v) is 3.84. The van der Waals surface area contributed by atoms with Crippen molar-refractivity contribution in [1.29, 1.82) is 0 Å². The predicted molar refractivity (Wildman–Crippen MR) is 135 cm³/mol. The second-order valence-electron chi connectivity index (χ2n) is 9.20. The van der Waals surface area contributed by atoms with Gasteiger partial charge in [-0.25, -0.2) is 4.98 Å². The SMILES string of the molecule is COc1ccccc1-c1cnc(OCCCN(C)C)nc1C(=O)N(C)Cc1cc(C(F)(F)F)cc(C(F)(F)F)c1. The number of amides is 1.